The molecule has 1 unspecified atom stereocenters. The van der Waals surface area contributed by atoms with Gasteiger partial charge in [-0.2, -0.15) is 13.2 Å². The van der Waals surface area contributed by atoms with Crippen molar-refractivity contribution >= 4 is 34.8 Å². The van der Waals surface area contributed by atoms with Crippen LogP contribution >= 0.6 is 34.8 Å². The van der Waals surface area contributed by atoms with Gasteiger partial charge in [0, 0.05) is 18.7 Å². The first kappa shape index (κ1) is 21.2. The molecule has 3 nitrogen and oxygen atoms in total. The average Bonchev–Trinajstić information content (AvgIpc) is 2.45. The van der Waals surface area contributed by atoms with Crippen LogP contribution in [0.25, 0.3) is 0 Å². The van der Waals surface area contributed by atoms with Crippen LogP contribution in [0, 0.1) is 0 Å². The second-order valence-electron chi connectivity index (χ2n) is 4.93. The van der Waals surface area contributed by atoms with E-state index in [1.807, 2.05) is 0 Å². The lowest BCUT2D eigenvalue weighted by molar-refractivity contribution is -0.0850. The summed E-state index contributed by atoms with van der Waals surface area (Å²) in [6, 6.07) is 2.63. The zero-order valence-corrected chi connectivity index (χ0v) is 14.9. The van der Waals surface area contributed by atoms with E-state index in [2.05, 4.69) is 0 Å². The van der Waals surface area contributed by atoms with Gasteiger partial charge in [0.2, 0.25) is 0 Å². The van der Waals surface area contributed by atoms with Crippen LogP contribution < -0.4 is 4.74 Å². The van der Waals surface area contributed by atoms with E-state index in [0.29, 0.717) is 12.8 Å². The van der Waals surface area contributed by atoms with Crippen LogP contribution in [-0.2, 0) is 4.74 Å². The van der Waals surface area contributed by atoms with E-state index >= 15 is 0 Å². The number of phenolic OH excluding ortho intramolecular Hbond substituents is 1. The summed E-state index contributed by atoms with van der Waals surface area (Å²) in [5.41, 5.74) is 0. The summed E-state index contributed by atoms with van der Waals surface area (Å²) < 4.78 is 47.0. The fourth-order valence-corrected chi connectivity index (χ4v) is 2.35. The van der Waals surface area contributed by atoms with Gasteiger partial charge in [0.1, 0.15) is 10.8 Å². The average molecular weight is 408 g/mol. The van der Waals surface area contributed by atoms with Crippen molar-refractivity contribution in [3.05, 3.63) is 33.3 Å². The minimum atomic E-state index is -4.55. The van der Waals surface area contributed by atoms with E-state index in [1.54, 1.807) is 6.92 Å². The molecule has 24 heavy (non-hydrogen) atoms. The molecule has 1 aromatic carbocycles. The van der Waals surface area contributed by atoms with Gasteiger partial charge >= 0.3 is 6.18 Å². The molecule has 1 N–H and O–H groups in total. The minimum absolute atomic E-state index is 0.0658. The smallest absolute Gasteiger partial charge is 0.426 e. The molecule has 0 saturated heterocycles. The number of aromatic hydroxyl groups is 1. The fourth-order valence-electron chi connectivity index (χ4n) is 1.72. The molecule has 0 aliphatic carbocycles. The number of hydrogen-bond acceptors (Lipinski definition) is 3. The van der Waals surface area contributed by atoms with Gasteiger partial charge in [0.15, 0.2) is 5.75 Å². The lowest BCUT2D eigenvalue weighted by Gasteiger charge is -2.17. The summed E-state index contributed by atoms with van der Waals surface area (Å²) in [4.78, 5) is 0. The molecule has 0 fully saturated rings. The van der Waals surface area contributed by atoms with E-state index in [9.17, 15) is 18.3 Å². The molecule has 0 saturated carbocycles. The third-order valence-electron chi connectivity index (χ3n) is 2.85. The molecule has 0 aromatic heterocycles. The molecule has 1 atom stereocenters. The van der Waals surface area contributed by atoms with Crippen LogP contribution in [0.5, 0.6) is 11.5 Å². The number of alkyl halides is 3. The maximum atomic E-state index is 12.1. The lowest BCUT2D eigenvalue weighted by atomic mass is 10.2. The van der Waals surface area contributed by atoms with Crippen molar-refractivity contribution in [2.75, 3.05) is 13.2 Å². The molecule has 0 aliphatic rings. The first-order valence-electron chi connectivity index (χ1n) is 6.96. The molecule has 1 rings (SSSR count). The van der Waals surface area contributed by atoms with Crippen molar-refractivity contribution in [2.45, 2.75) is 32.0 Å². The van der Waals surface area contributed by atoms with E-state index < -0.39 is 11.2 Å². The molecule has 0 radical (unpaired) electrons. The SMILES string of the molecule is CC(CCCOC/C=C(\Cl)C(F)(F)F)Oc1c(Cl)cc(O)cc1Cl. The summed E-state index contributed by atoms with van der Waals surface area (Å²) in [6.45, 7) is 1.83. The molecule has 0 spiro atoms. The predicted octanol–water partition coefficient (Wildman–Crippen LogP) is 5.95. The standard InChI is InChI=1S/C15H16Cl3F3O3/c1-9(24-14-11(16)7-10(22)8-12(14)17)3-2-5-23-6-4-13(18)15(19,20)21/h4,7-9,22H,2-3,5-6H2,1H3/b13-4-. The van der Waals surface area contributed by atoms with Crippen LogP contribution in [0.15, 0.2) is 23.2 Å². The van der Waals surface area contributed by atoms with E-state index in [0.717, 1.165) is 6.08 Å². The Balaban J connectivity index is 2.32. The number of rotatable bonds is 8. The van der Waals surface area contributed by atoms with Crippen molar-refractivity contribution in [2.24, 2.45) is 0 Å². The number of halogens is 6. The zero-order valence-electron chi connectivity index (χ0n) is 12.7. The van der Waals surface area contributed by atoms with Gasteiger partial charge in [-0.15, -0.1) is 0 Å². The molecule has 136 valence electrons. The molecule has 1 aromatic rings. The van der Waals surface area contributed by atoms with Crippen molar-refractivity contribution < 1.29 is 27.8 Å². The second-order valence-corrected chi connectivity index (χ2v) is 6.16. The Labute approximate surface area is 152 Å². The Kier molecular flexibility index (Phi) is 8.50. The Morgan fingerprint density at radius 2 is 1.88 bits per heavy atom. The Morgan fingerprint density at radius 1 is 1.29 bits per heavy atom. The van der Waals surface area contributed by atoms with Crippen LogP contribution in [0.4, 0.5) is 13.2 Å². The molecule has 0 aliphatic heterocycles. The van der Waals surface area contributed by atoms with Gasteiger partial charge in [-0.05, 0) is 25.8 Å². The summed E-state index contributed by atoms with van der Waals surface area (Å²) in [6.07, 6.45) is -2.88. The van der Waals surface area contributed by atoms with Crippen molar-refractivity contribution in [3.8, 4) is 11.5 Å². The highest BCUT2D eigenvalue weighted by Gasteiger charge is 2.31. The number of ether oxygens (including phenoxy) is 2. The number of hydrogen-bond donors (Lipinski definition) is 1. The summed E-state index contributed by atoms with van der Waals surface area (Å²) in [7, 11) is 0. The number of allylic oxidation sites excluding steroid dienone is 1. The van der Waals surface area contributed by atoms with E-state index in [4.69, 9.17) is 44.3 Å². The fraction of sp³-hybridized carbons (Fsp3) is 0.467. The third kappa shape index (κ3) is 7.38. The van der Waals surface area contributed by atoms with Gasteiger partial charge in [-0.25, -0.2) is 0 Å². The molecular weight excluding hydrogens is 392 g/mol. The first-order chi connectivity index (χ1) is 11.1. The Hall–Kier alpha value is -0.820. The van der Waals surface area contributed by atoms with Crippen LogP contribution in [0.2, 0.25) is 10.0 Å². The largest absolute Gasteiger partial charge is 0.508 e. The number of phenols is 1. The first-order valence-corrected chi connectivity index (χ1v) is 8.10. The topological polar surface area (TPSA) is 38.7 Å². The van der Waals surface area contributed by atoms with Gasteiger partial charge < -0.3 is 14.6 Å². The summed E-state index contributed by atoms with van der Waals surface area (Å²) in [5, 5.41) is 8.52. The molecule has 0 amide bonds. The van der Waals surface area contributed by atoms with Gasteiger partial charge in [-0.3, -0.25) is 0 Å². The zero-order chi connectivity index (χ0) is 18.3. The molecule has 0 bridgehead atoms. The minimum Gasteiger partial charge on any atom is -0.508 e. The monoisotopic (exact) mass is 406 g/mol. The Morgan fingerprint density at radius 3 is 2.42 bits per heavy atom. The predicted molar refractivity (Wildman–Crippen MR) is 88.3 cm³/mol. The highest BCUT2D eigenvalue weighted by atomic mass is 35.5. The molecule has 0 heterocycles. The molecule has 9 heteroatoms. The third-order valence-corrected chi connectivity index (χ3v) is 3.78. The van der Waals surface area contributed by atoms with Crippen LogP contribution in [-0.4, -0.2) is 30.6 Å². The summed E-state index contributed by atoms with van der Waals surface area (Å²) >= 11 is 16.9. The van der Waals surface area contributed by atoms with E-state index in [1.165, 1.54) is 12.1 Å². The van der Waals surface area contributed by atoms with Crippen molar-refractivity contribution in [3.63, 3.8) is 0 Å². The van der Waals surface area contributed by atoms with Gasteiger partial charge in [0.05, 0.1) is 22.8 Å². The normalized spacial score (nSPS) is 13.9. The highest BCUT2D eigenvalue weighted by Crippen LogP contribution is 2.37. The van der Waals surface area contributed by atoms with Crippen LogP contribution in [0.1, 0.15) is 19.8 Å². The van der Waals surface area contributed by atoms with Crippen molar-refractivity contribution in [1.29, 1.82) is 0 Å². The Bertz CT molecular complexity index is 554. The van der Waals surface area contributed by atoms with Gasteiger partial charge in [-0.1, -0.05) is 34.8 Å². The maximum absolute atomic E-state index is 12.1. The molecular formula is C15H16Cl3F3O3. The van der Waals surface area contributed by atoms with Gasteiger partial charge in [0.25, 0.3) is 0 Å². The van der Waals surface area contributed by atoms with E-state index in [-0.39, 0.29) is 40.9 Å². The maximum Gasteiger partial charge on any atom is 0.426 e. The summed E-state index contributed by atoms with van der Waals surface area (Å²) in [5.74, 6) is 0.202. The van der Waals surface area contributed by atoms with Crippen molar-refractivity contribution in [1.82, 2.24) is 0 Å². The number of benzene rings is 1. The van der Waals surface area contributed by atoms with Crippen LogP contribution in [0.3, 0.4) is 0 Å². The second kappa shape index (κ2) is 9.61. The highest BCUT2D eigenvalue weighted by molar-refractivity contribution is 6.37. The lowest BCUT2D eigenvalue weighted by Crippen LogP contribution is -2.13. The quantitative estimate of drug-likeness (QED) is 0.541.